The first-order valence-electron chi connectivity index (χ1n) is 12.8. The Labute approximate surface area is 223 Å². The van der Waals surface area contributed by atoms with E-state index in [1.165, 1.54) is 6.08 Å². The number of allylic oxidation sites excluding steroid dienone is 1. The number of esters is 3. The second kappa shape index (κ2) is 13.9. The topological polar surface area (TPSA) is 97.4 Å². The molecular formula is C30H36O8. The van der Waals surface area contributed by atoms with Crippen LogP contribution >= 0.6 is 0 Å². The van der Waals surface area contributed by atoms with E-state index in [0.717, 1.165) is 0 Å². The molecule has 1 heterocycles. The van der Waals surface area contributed by atoms with Crippen molar-refractivity contribution in [2.24, 2.45) is 0 Å². The molecule has 1 unspecified atom stereocenters. The van der Waals surface area contributed by atoms with Gasteiger partial charge in [0.2, 0.25) is 0 Å². The van der Waals surface area contributed by atoms with Crippen molar-refractivity contribution in [3.05, 3.63) is 83.9 Å². The van der Waals surface area contributed by atoms with E-state index >= 15 is 0 Å². The Kier molecular flexibility index (Phi) is 10.6. The first-order chi connectivity index (χ1) is 18.1. The second-order valence-corrected chi connectivity index (χ2v) is 10.0. The summed E-state index contributed by atoms with van der Waals surface area (Å²) in [5, 5.41) is 0. The van der Waals surface area contributed by atoms with Gasteiger partial charge in [-0.15, -0.1) is 0 Å². The Morgan fingerprint density at radius 2 is 1.45 bits per heavy atom. The molecule has 1 aliphatic rings. The molecule has 3 rings (SSSR count). The summed E-state index contributed by atoms with van der Waals surface area (Å²) in [4.78, 5) is 37.2. The molecule has 2 aromatic carbocycles. The van der Waals surface area contributed by atoms with Crippen LogP contribution in [0.15, 0.2) is 72.8 Å². The molecule has 204 valence electrons. The maximum atomic E-state index is 12.8. The average Bonchev–Trinajstić information content (AvgIpc) is 2.88. The number of ether oxygens (including phenoxy) is 5. The lowest BCUT2D eigenvalue weighted by Gasteiger charge is -2.38. The number of hydrogen-bond donors (Lipinski definition) is 0. The standard InChI is InChI=1S/C30H36O8/c1-21-24(36-27(32)22-14-8-5-9-15-22)20-25(37-28(33)23-16-10-6-11-17-23)29(35-21)34-19-13-7-12-18-26(31)38-30(2,3)4/h5-6,8-12,14-18,21,24-25,29H,7,13,19-20H2,1-4H3/b18-12+/t21?,24-,25-,29-/m1/s1. The van der Waals surface area contributed by atoms with Crippen LogP contribution in [0.4, 0.5) is 0 Å². The van der Waals surface area contributed by atoms with Crippen LogP contribution in [0, 0.1) is 0 Å². The zero-order valence-electron chi connectivity index (χ0n) is 22.3. The average molecular weight is 525 g/mol. The van der Waals surface area contributed by atoms with Crippen molar-refractivity contribution in [3.63, 3.8) is 0 Å². The normalized spacial score (nSPS) is 21.6. The van der Waals surface area contributed by atoms with Crippen LogP contribution in [-0.4, -0.2) is 54.7 Å². The van der Waals surface area contributed by atoms with Gasteiger partial charge in [0.25, 0.3) is 0 Å². The minimum absolute atomic E-state index is 0.224. The molecule has 0 amide bonds. The van der Waals surface area contributed by atoms with Gasteiger partial charge in [-0.1, -0.05) is 42.5 Å². The highest BCUT2D eigenvalue weighted by Gasteiger charge is 2.41. The fourth-order valence-corrected chi connectivity index (χ4v) is 3.79. The van der Waals surface area contributed by atoms with E-state index in [1.807, 2.05) is 32.9 Å². The molecule has 0 aromatic heterocycles. The van der Waals surface area contributed by atoms with Gasteiger partial charge < -0.3 is 23.7 Å². The third-order valence-corrected chi connectivity index (χ3v) is 5.63. The molecule has 1 aliphatic heterocycles. The van der Waals surface area contributed by atoms with Crippen molar-refractivity contribution in [2.75, 3.05) is 6.61 Å². The molecule has 0 saturated carbocycles. The summed E-state index contributed by atoms with van der Waals surface area (Å²) in [6.07, 6.45) is 1.82. The predicted molar refractivity (Wildman–Crippen MR) is 140 cm³/mol. The van der Waals surface area contributed by atoms with E-state index in [2.05, 4.69) is 0 Å². The number of rotatable bonds is 10. The highest BCUT2D eigenvalue weighted by Crippen LogP contribution is 2.27. The van der Waals surface area contributed by atoms with E-state index in [-0.39, 0.29) is 6.42 Å². The Hall–Kier alpha value is -3.49. The second-order valence-electron chi connectivity index (χ2n) is 10.0. The van der Waals surface area contributed by atoms with Crippen molar-refractivity contribution >= 4 is 17.9 Å². The maximum Gasteiger partial charge on any atom is 0.338 e. The molecule has 8 nitrogen and oxygen atoms in total. The van der Waals surface area contributed by atoms with Crippen molar-refractivity contribution < 1.29 is 38.1 Å². The van der Waals surface area contributed by atoms with Crippen molar-refractivity contribution in [1.82, 2.24) is 0 Å². The Morgan fingerprint density at radius 3 is 2.00 bits per heavy atom. The van der Waals surface area contributed by atoms with Crippen molar-refractivity contribution in [2.45, 2.75) is 77.2 Å². The number of hydrogen-bond acceptors (Lipinski definition) is 8. The smallest absolute Gasteiger partial charge is 0.338 e. The Bertz CT molecular complexity index is 1070. The van der Waals surface area contributed by atoms with Gasteiger partial charge in [-0.3, -0.25) is 0 Å². The van der Waals surface area contributed by atoms with Crippen LogP contribution in [0.1, 0.15) is 67.7 Å². The molecule has 0 aliphatic carbocycles. The minimum atomic E-state index is -0.834. The van der Waals surface area contributed by atoms with Gasteiger partial charge in [-0.25, -0.2) is 14.4 Å². The minimum Gasteiger partial charge on any atom is -0.457 e. The van der Waals surface area contributed by atoms with E-state index < -0.39 is 48.1 Å². The van der Waals surface area contributed by atoms with Crippen LogP contribution in [-0.2, 0) is 28.5 Å². The summed E-state index contributed by atoms with van der Waals surface area (Å²) in [6, 6.07) is 17.3. The van der Waals surface area contributed by atoms with Gasteiger partial charge in [-0.05, 0) is 64.8 Å². The van der Waals surface area contributed by atoms with E-state index in [1.54, 1.807) is 61.5 Å². The van der Waals surface area contributed by atoms with Gasteiger partial charge in [0.05, 0.1) is 23.8 Å². The molecule has 1 saturated heterocycles. The lowest BCUT2D eigenvalue weighted by molar-refractivity contribution is -0.260. The first kappa shape index (κ1) is 29.1. The van der Waals surface area contributed by atoms with Crippen LogP contribution < -0.4 is 0 Å². The first-order valence-corrected chi connectivity index (χ1v) is 12.8. The number of benzene rings is 2. The fraction of sp³-hybridized carbons (Fsp3) is 0.433. The summed E-state index contributed by atoms with van der Waals surface area (Å²) in [5.74, 6) is -1.39. The Morgan fingerprint density at radius 1 is 0.895 bits per heavy atom. The molecule has 0 radical (unpaired) electrons. The zero-order chi connectivity index (χ0) is 27.5. The monoisotopic (exact) mass is 524 g/mol. The van der Waals surface area contributed by atoms with Gasteiger partial charge in [0.15, 0.2) is 12.4 Å². The highest BCUT2D eigenvalue weighted by atomic mass is 16.7. The molecule has 0 bridgehead atoms. The maximum absolute atomic E-state index is 12.8. The zero-order valence-corrected chi connectivity index (χ0v) is 22.3. The molecule has 0 N–H and O–H groups in total. The van der Waals surface area contributed by atoms with Crippen molar-refractivity contribution in [3.8, 4) is 0 Å². The highest BCUT2D eigenvalue weighted by molar-refractivity contribution is 5.90. The van der Waals surface area contributed by atoms with Gasteiger partial charge in [0.1, 0.15) is 11.7 Å². The van der Waals surface area contributed by atoms with Gasteiger partial charge >= 0.3 is 17.9 Å². The third-order valence-electron chi connectivity index (χ3n) is 5.63. The molecule has 2 aromatic rings. The molecule has 4 atom stereocenters. The summed E-state index contributed by atoms with van der Waals surface area (Å²) in [7, 11) is 0. The lowest BCUT2D eigenvalue weighted by Crippen LogP contribution is -2.50. The molecule has 8 heteroatoms. The van der Waals surface area contributed by atoms with Gasteiger partial charge in [-0.2, -0.15) is 0 Å². The Balaban J connectivity index is 1.59. The predicted octanol–water partition coefficient (Wildman–Crippen LogP) is 5.27. The third kappa shape index (κ3) is 9.43. The van der Waals surface area contributed by atoms with E-state index in [9.17, 15) is 14.4 Å². The van der Waals surface area contributed by atoms with Gasteiger partial charge in [0, 0.05) is 12.5 Å². The number of unbranched alkanes of at least 4 members (excludes halogenated alkanes) is 1. The number of carbonyl (C=O) groups excluding carboxylic acids is 3. The fourth-order valence-electron chi connectivity index (χ4n) is 3.79. The van der Waals surface area contributed by atoms with E-state index in [0.29, 0.717) is 30.6 Å². The molecule has 38 heavy (non-hydrogen) atoms. The lowest BCUT2D eigenvalue weighted by atomic mass is 10.0. The molecule has 1 fully saturated rings. The summed E-state index contributed by atoms with van der Waals surface area (Å²) >= 11 is 0. The summed E-state index contributed by atoms with van der Waals surface area (Å²) in [6.45, 7) is 7.53. The van der Waals surface area contributed by atoms with Crippen LogP contribution in [0.3, 0.4) is 0 Å². The largest absolute Gasteiger partial charge is 0.457 e. The van der Waals surface area contributed by atoms with E-state index in [4.69, 9.17) is 23.7 Å². The molecule has 0 spiro atoms. The molecular weight excluding hydrogens is 488 g/mol. The van der Waals surface area contributed by atoms with Crippen LogP contribution in [0.2, 0.25) is 0 Å². The van der Waals surface area contributed by atoms with Crippen molar-refractivity contribution in [1.29, 1.82) is 0 Å². The number of carbonyl (C=O) groups is 3. The summed E-state index contributed by atoms with van der Waals surface area (Å²) < 4.78 is 28.7. The quantitative estimate of drug-likeness (QED) is 0.180. The van der Waals surface area contributed by atoms with Crippen LogP contribution in [0.5, 0.6) is 0 Å². The summed E-state index contributed by atoms with van der Waals surface area (Å²) in [5.41, 5.74) is 0.282. The SMILES string of the molecule is CC1O[C@@H](OCCC/C=C/C(=O)OC(C)(C)C)[C@H](OC(=O)c2ccccc2)C[C@H]1OC(=O)c1ccccc1. The van der Waals surface area contributed by atoms with Crippen LogP contribution in [0.25, 0.3) is 0 Å².